The van der Waals surface area contributed by atoms with E-state index in [4.69, 9.17) is 5.73 Å². The van der Waals surface area contributed by atoms with Crippen LogP contribution >= 0.6 is 0 Å². The minimum atomic E-state index is -3.45. The van der Waals surface area contributed by atoms with Gasteiger partial charge in [0.2, 0.25) is 10.0 Å². The minimum absolute atomic E-state index is 0.293. The Morgan fingerprint density at radius 1 is 1.20 bits per heavy atom. The molecule has 0 aliphatic carbocycles. The molecule has 2 N–H and O–H groups in total. The Kier molecular flexibility index (Phi) is 5.79. The maximum atomic E-state index is 12.8. The molecule has 1 aromatic rings. The second-order valence-electron chi connectivity index (χ2n) is 6.09. The smallest absolute Gasteiger partial charge is 0.244 e. The maximum Gasteiger partial charge on any atom is 0.244 e. The summed E-state index contributed by atoms with van der Waals surface area (Å²) in [6.45, 7) is 9.51. The van der Waals surface area contributed by atoms with Gasteiger partial charge in [0, 0.05) is 38.6 Å². The monoisotopic (exact) mass is 301 g/mol. The summed E-state index contributed by atoms with van der Waals surface area (Å²) in [5.41, 5.74) is 6.43. The highest BCUT2D eigenvalue weighted by Crippen LogP contribution is 2.20. The Balaban J connectivity index is 3.13. The summed E-state index contributed by atoms with van der Waals surface area (Å²) >= 11 is 0. The van der Waals surface area contributed by atoms with Gasteiger partial charge in [-0.05, 0) is 17.9 Å². The summed E-state index contributed by atoms with van der Waals surface area (Å²) in [4.78, 5) is 0.335. The van der Waals surface area contributed by atoms with E-state index in [0.29, 0.717) is 36.4 Å². The molecule has 0 saturated carbocycles. The average molecular weight is 301 g/mol. The summed E-state index contributed by atoms with van der Waals surface area (Å²) in [6, 6.07) is 1.67. The summed E-state index contributed by atoms with van der Waals surface area (Å²) in [5, 5.41) is 0. The zero-order chi connectivity index (χ0) is 15.5. The number of sulfonamides is 1. The summed E-state index contributed by atoms with van der Waals surface area (Å²) in [6.07, 6.45) is 1.64. The van der Waals surface area contributed by atoms with Gasteiger partial charge in [0.15, 0.2) is 0 Å². The predicted molar refractivity (Wildman–Crippen MR) is 81.7 cm³/mol. The summed E-state index contributed by atoms with van der Waals surface area (Å²) in [5.74, 6) is 0.586. The third-order valence-corrected chi connectivity index (χ3v) is 4.86. The van der Waals surface area contributed by atoms with Gasteiger partial charge in [0.1, 0.15) is 4.90 Å². The Morgan fingerprint density at radius 3 is 2.05 bits per heavy atom. The molecule has 0 unspecified atom stereocenters. The van der Waals surface area contributed by atoms with E-state index in [1.165, 1.54) is 0 Å². The van der Waals surface area contributed by atoms with Gasteiger partial charge in [-0.25, -0.2) is 8.42 Å². The van der Waals surface area contributed by atoms with Crippen LogP contribution in [0.3, 0.4) is 0 Å². The Morgan fingerprint density at radius 2 is 1.70 bits per heavy atom. The predicted octanol–water partition coefficient (Wildman–Crippen LogP) is 1.79. The van der Waals surface area contributed by atoms with Crippen LogP contribution in [0.15, 0.2) is 17.2 Å². The number of nitrogens with two attached hydrogens (primary N) is 1. The van der Waals surface area contributed by atoms with Crippen molar-refractivity contribution in [2.75, 3.05) is 13.1 Å². The van der Waals surface area contributed by atoms with Crippen LogP contribution in [0.4, 0.5) is 0 Å². The van der Waals surface area contributed by atoms with E-state index in [0.717, 1.165) is 5.69 Å². The second kappa shape index (κ2) is 6.74. The highest BCUT2D eigenvalue weighted by molar-refractivity contribution is 7.89. The fourth-order valence-electron chi connectivity index (χ4n) is 2.16. The molecule has 1 heterocycles. The lowest BCUT2D eigenvalue weighted by Gasteiger charge is -2.25. The van der Waals surface area contributed by atoms with E-state index in [1.54, 1.807) is 21.1 Å². The SMILES string of the molecule is CC(C)CN(CC(C)C)S(=O)(=O)c1cc(CN)n(C)c1. The number of aryl methyl sites for hydroxylation is 1. The molecule has 5 nitrogen and oxygen atoms in total. The van der Waals surface area contributed by atoms with Crippen LogP contribution in [0.5, 0.6) is 0 Å². The van der Waals surface area contributed by atoms with Crippen LogP contribution in [0.2, 0.25) is 0 Å². The Hall–Kier alpha value is -0.850. The Labute approximate surface area is 122 Å². The lowest BCUT2D eigenvalue weighted by molar-refractivity contribution is 0.333. The van der Waals surface area contributed by atoms with Crippen molar-refractivity contribution < 1.29 is 8.42 Å². The van der Waals surface area contributed by atoms with Gasteiger partial charge in [0.25, 0.3) is 0 Å². The summed E-state index contributed by atoms with van der Waals surface area (Å²) in [7, 11) is -1.63. The zero-order valence-corrected chi connectivity index (χ0v) is 13.9. The molecule has 0 fully saturated rings. The largest absolute Gasteiger partial charge is 0.352 e. The van der Waals surface area contributed by atoms with Crippen LogP contribution in [0.25, 0.3) is 0 Å². The molecule has 0 aliphatic heterocycles. The van der Waals surface area contributed by atoms with Crippen molar-refractivity contribution in [1.29, 1.82) is 0 Å². The van der Waals surface area contributed by atoms with Gasteiger partial charge in [-0.15, -0.1) is 0 Å². The van der Waals surface area contributed by atoms with Gasteiger partial charge < -0.3 is 10.3 Å². The first-order chi connectivity index (χ1) is 9.18. The number of aromatic nitrogens is 1. The molecule has 1 aromatic heterocycles. The normalized spacial score (nSPS) is 12.8. The molecule has 0 radical (unpaired) electrons. The van der Waals surface area contributed by atoms with E-state index >= 15 is 0 Å². The van der Waals surface area contributed by atoms with Crippen molar-refractivity contribution in [3.05, 3.63) is 18.0 Å². The highest BCUT2D eigenvalue weighted by atomic mass is 32.2. The molecule has 0 saturated heterocycles. The first-order valence-electron chi connectivity index (χ1n) is 7.04. The third-order valence-electron chi connectivity index (χ3n) is 3.07. The third kappa shape index (κ3) is 4.07. The molecule has 6 heteroatoms. The second-order valence-corrected chi connectivity index (χ2v) is 8.03. The average Bonchev–Trinajstić information content (AvgIpc) is 2.69. The summed E-state index contributed by atoms with van der Waals surface area (Å²) < 4.78 is 28.9. The zero-order valence-electron chi connectivity index (χ0n) is 13.1. The van der Waals surface area contributed by atoms with E-state index < -0.39 is 10.0 Å². The molecule has 0 amide bonds. The molecule has 0 spiro atoms. The molecule has 0 bridgehead atoms. The molecule has 0 aliphatic rings. The molecule has 116 valence electrons. The lowest BCUT2D eigenvalue weighted by Crippen LogP contribution is -2.36. The van der Waals surface area contributed by atoms with Crippen LogP contribution in [-0.4, -0.2) is 30.4 Å². The molecule has 0 aromatic carbocycles. The fraction of sp³-hybridized carbons (Fsp3) is 0.714. The molecule has 0 atom stereocenters. The lowest BCUT2D eigenvalue weighted by atomic mass is 10.2. The first kappa shape index (κ1) is 17.2. The van der Waals surface area contributed by atoms with Crippen molar-refractivity contribution in [3.63, 3.8) is 0 Å². The number of hydrogen-bond donors (Lipinski definition) is 1. The first-order valence-corrected chi connectivity index (χ1v) is 8.48. The number of rotatable bonds is 7. The van der Waals surface area contributed by atoms with E-state index in [-0.39, 0.29) is 0 Å². The van der Waals surface area contributed by atoms with Gasteiger partial charge in [-0.1, -0.05) is 27.7 Å². The fourth-order valence-corrected chi connectivity index (χ4v) is 4.02. The number of nitrogens with zero attached hydrogens (tertiary/aromatic N) is 2. The van der Waals surface area contributed by atoms with Crippen molar-refractivity contribution in [2.45, 2.75) is 39.1 Å². The van der Waals surface area contributed by atoms with Crippen LogP contribution < -0.4 is 5.73 Å². The number of hydrogen-bond acceptors (Lipinski definition) is 3. The van der Waals surface area contributed by atoms with Crippen molar-refractivity contribution in [1.82, 2.24) is 8.87 Å². The molecular formula is C14H27N3O2S. The maximum absolute atomic E-state index is 12.8. The quantitative estimate of drug-likeness (QED) is 0.835. The Bertz CT molecular complexity index is 523. The van der Waals surface area contributed by atoms with E-state index in [9.17, 15) is 8.42 Å². The van der Waals surface area contributed by atoms with Crippen LogP contribution in [0.1, 0.15) is 33.4 Å². The van der Waals surface area contributed by atoms with Crippen LogP contribution in [0, 0.1) is 11.8 Å². The van der Waals surface area contributed by atoms with Crippen molar-refractivity contribution in [2.24, 2.45) is 24.6 Å². The van der Waals surface area contributed by atoms with Gasteiger partial charge in [0.05, 0.1) is 0 Å². The van der Waals surface area contributed by atoms with E-state index in [1.807, 2.05) is 34.7 Å². The van der Waals surface area contributed by atoms with Crippen molar-refractivity contribution >= 4 is 10.0 Å². The highest BCUT2D eigenvalue weighted by Gasteiger charge is 2.27. The minimum Gasteiger partial charge on any atom is -0.352 e. The van der Waals surface area contributed by atoms with Gasteiger partial charge in [-0.3, -0.25) is 0 Å². The molecule has 20 heavy (non-hydrogen) atoms. The standard InChI is InChI=1S/C14H27N3O2S/c1-11(2)8-17(9-12(3)4)20(18,19)14-6-13(7-15)16(5)10-14/h6,10-12H,7-9,15H2,1-5H3. The molecular weight excluding hydrogens is 274 g/mol. The van der Waals surface area contributed by atoms with E-state index in [2.05, 4.69) is 0 Å². The van der Waals surface area contributed by atoms with Gasteiger partial charge in [-0.2, -0.15) is 4.31 Å². The van der Waals surface area contributed by atoms with Crippen molar-refractivity contribution in [3.8, 4) is 0 Å². The topological polar surface area (TPSA) is 68.3 Å². The molecule has 1 rings (SSSR count). The van der Waals surface area contributed by atoms with Crippen LogP contribution in [-0.2, 0) is 23.6 Å². The van der Waals surface area contributed by atoms with Gasteiger partial charge >= 0.3 is 0 Å².